The van der Waals surface area contributed by atoms with E-state index in [9.17, 15) is 0 Å². The molecule has 71 valence electrons. The predicted molar refractivity (Wildman–Crippen MR) is 49.1 cm³/mol. The van der Waals surface area contributed by atoms with Crippen LogP contribution in [0, 0.1) is 6.58 Å². The molecule has 0 saturated carbocycles. The van der Waals surface area contributed by atoms with E-state index in [2.05, 4.69) is 42.3 Å². The molecule has 0 bridgehead atoms. The summed E-state index contributed by atoms with van der Waals surface area (Å²) in [5, 5.41) is 0. The normalized spacial score (nSPS) is 10.7. The molecular weight excluding hydrogens is 219 g/mol. The molecule has 0 aromatic carbocycles. The number of hydrogen-bond acceptors (Lipinski definition) is 6. The predicted octanol–water partition coefficient (Wildman–Crippen LogP) is -0.758. The van der Waals surface area contributed by atoms with Crippen LogP contribution >= 0.6 is 0 Å². The Morgan fingerprint density at radius 3 is 3.00 bits per heavy atom. The van der Waals surface area contributed by atoms with Gasteiger partial charge in [0.25, 0.3) is 0 Å². The average molecular weight is 226 g/mol. The average Bonchev–Trinajstić information content (AvgIpc) is 2.26. The molecule has 0 saturated heterocycles. The summed E-state index contributed by atoms with van der Waals surface area (Å²) in [5.41, 5.74) is 2.84. The molecule has 6 nitrogen and oxygen atoms in total. The minimum atomic E-state index is 0.272. The Labute approximate surface area is 89.9 Å². The Balaban J connectivity index is 3.10. The van der Waals surface area contributed by atoms with Gasteiger partial charge in [0.05, 0.1) is 0 Å². The van der Waals surface area contributed by atoms with Gasteiger partial charge in [-0.3, -0.25) is 0 Å². The molecule has 0 aliphatic rings. The second kappa shape index (κ2) is 5.38. The summed E-state index contributed by atoms with van der Waals surface area (Å²) in [6.45, 7) is 5.16. The van der Waals surface area contributed by atoms with Crippen molar-refractivity contribution >= 4 is 16.4 Å². The third-order valence-corrected chi connectivity index (χ3v) is 1.65. The summed E-state index contributed by atoms with van der Waals surface area (Å²) in [7, 11) is 0. The molecule has 0 aliphatic carbocycles. The van der Waals surface area contributed by atoms with Crippen LogP contribution in [0.5, 0.6) is 0 Å². The van der Waals surface area contributed by atoms with Crippen LogP contribution in [-0.4, -0.2) is 25.4 Å². The van der Waals surface area contributed by atoms with Crippen LogP contribution in [0.1, 0.15) is 5.82 Å². The van der Waals surface area contributed by atoms with Gasteiger partial charge >= 0.3 is 89.5 Å². The molecule has 0 atom stereocenters. The summed E-state index contributed by atoms with van der Waals surface area (Å²) in [5.74, 6) is 5.82. The summed E-state index contributed by atoms with van der Waals surface area (Å²) in [4.78, 5) is 15.5. The van der Waals surface area contributed by atoms with E-state index in [0.29, 0.717) is 11.5 Å². The quantitative estimate of drug-likeness (QED) is 0.305. The van der Waals surface area contributed by atoms with Gasteiger partial charge < -0.3 is 0 Å². The molecule has 14 heavy (non-hydrogen) atoms. The van der Waals surface area contributed by atoms with Gasteiger partial charge in [-0.2, -0.15) is 0 Å². The second-order valence-electron chi connectivity index (χ2n) is 2.07. The molecule has 1 rings (SSSR count). The zero-order valence-corrected chi connectivity index (χ0v) is 8.52. The third kappa shape index (κ3) is 2.56. The van der Waals surface area contributed by atoms with Crippen molar-refractivity contribution < 1.29 is 17.0 Å². The first-order chi connectivity index (χ1) is 6.81. The first-order valence-corrected chi connectivity index (χ1v) is 4.37. The van der Waals surface area contributed by atoms with Crippen LogP contribution in [0.4, 0.5) is 5.95 Å². The van der Waals surface area contributed by atoms with E-state index >= 15 is 0 Å². The van der Waals surface area contributed by atoms with Crippen LogP contribution in [-0.2, 0) is 17.0 Å². The molecule has 0 unspecified atom stereocenters. The Kier molecular flexibility index (Phi) is 4.12. The first kappa shape index (κ1) is 10.7. The fourth-order valence-electron chi connectivity index (χ4n) is 0.718. The molecule has 0 aliphatic heterocycles. The third-order valence-electron chi connectivity index (χ3n) is 1.27. The van der Waals surface area contributed by atoms with Gasteiger partial charge in [0.15, 0.2) is 0 Å². The molecule has 0 fully saturated rings. The van der Waals surface area contributed by atoms with E-state index < -0.39 is 0 Å². The number of nitrogens with one attached hydrogen (secondary N) is 1. The van der Waals surface area contributed by atoms with E-state index in [-0.39, 0.29) is 5.95 Å². The monoisotopic (exact) mass is 226 g/mol. The topological polar surface area (TPSA) is 89.1 Å². The Morgan fingerprint density at radius 1 is 1.64 bits per heavy atom. The van der Waals surface area contributed by atoms with Crippen LogP contribution in [0.15, 0.2) is 17.5 Å². The van der Waals surface area contributed by atoms with Crippen LogP contribution in [0.25, 0.3) is 0 Å². The summed E-state index contributed by atoms with van der Waals surface area (Å²) >= 11 is 2.24. The van der Waals surface area contributed by atoms with Crippen molar-refractivity contribution in [2.45, 2.75) is 0 Å². The van der Waals surface area contributed by atoms with E-state index in [1.165, 1.54) is 12.5 Å². The zero-order chi connectivity index (χ0) is 10.4. The molecule has 3 N–H and O–H groups in total. The Morgan fingerprint density at radius 2 is 2.43 bits per heavy atom. The van der Waals surface area contributed by atoms with Gasteiger partial charge in [-0.25, -0.2) is 0 Å². The second-order valence-corrected chi connectivity index (χ2v) is 2.47. The number of aromatic nitrogens is 3. The number of anilines is 1. The minimum absolute atomic E-state index is 0.272. The van der Waals surface area contributed by atoms with Crippen LogP contribution < -0.4 is 11.3 Å². The zero-order valence-electron chi connectivity index (χ0n) is 7.12. The van der Waals surface area contributed by atoms with E-state index in [4.69, 9.17) is 12.4 Å². The van der Waals surface area contributed by atoms with Gasteiger partial charge in [-0.05, 0) is 0 Å². The molecule has 1 aromatic rings. The van der Waals surface area contributed by atoms with Gasteiger partial charge in [-0.1, -0.05) is 0 Å². The molecule has 0 amide bonds. The maximum atomic E-state index is 5.16. The van der Waals surface area contributed by atoms with Crippen molar-refractivity contribution in [2.75, 3.05) is 5.43 Å². The molecule has 0 spiro atoms. The Bertz CT molecular complexity index is 374. The van der Waals surface area contributed by atoms with Crippen molar-refractivity contribution in [3.05, 3.63) is 24.9 Å². The molecule has 1 heterocycles. The maximum absolute atomic E-state index is 5.16. The van der Waals surface area contributed by atoms with Gasteiger partial charge in [0, 0.05) is 0 Å². The number of hydrogen-bond donors (Lipinski definition) is 2. The van der Waals surface area contributed by atoms with Crippen molar-refractivity contribution in [1.82, 2.24) is 15.0 Å². The van der Waals surface area contributed by atoms with Gasteiger partial charge in [0.1, 0.15) is 0 Å². The molecule has 0 radical (unpaired) electrons. The first-order valence-electron chi connectivity index (χ1n) is 3.56. The standard InChI is InChI=1S/C7H7N6.V/c1-3-9-5(2)6-10-4-11-7(12-6)13-8;/h1-4H,8H2,(H,10,11,12,13);/q-1;. The molecular formula is C7H7N6V-. The number of hydrazine groups is 1. The molecule has 7 heteroatoms. The van der Waals surface area contributed by atoms with E-state index in [0.717, 1.165) is 0 Å². The summed E-state index contributed by atoms with van der Waals surface area (Å²) < 4.78 is 1.67. The van der Waals surface area contributed by atoms with Crippen LogP contribution in [0.3, 0.4) is 0 Å². The number of nitrogen functional groups attached to an aromatic ring is 1. The number of nitrogens with zero attached hydrogens (tertiary/aromatic N) is 4. The van der Waals surface area contributed by atoms with Gasteiger partial charge in [-0.15, -0.1) is 0 Å². The summed E-state index contributed by atoms with van der Waals surface area (Å²) in [6, 6.07) is 0. The molecule has 1 aromatic heterocycles. The number of aliphatic imine (C=N–C) groups is 1. The van der Waals surface area contributed by atoms with Crippen LogP contribution in [0.2, 0.25) is 0 Å². The van der Waals surface area contributed by atoms with Crippen molar-refractivity contribution in [1.29, 1.82) is 0 Å². The van der Waals surface area contributed by atoms with E-state index in [1.54, 1.807) is 4.73 Å². The fourth-order valence-corrected chi connectivity index (χ4v) is 1.00. The Hall–Kier alpha value is -1.37. The SMILES string of the molecule is [CH-]=CN=C([CH]=[V])c1ncnc(NN)n1. The summed E-state index contributed by atoms with van der Waals surface area (Å²) in [6.07, 6.45) is 2.50. The fraction of sp³-hybridized carbons (Fsp3) is 0. The van der Waals surface area contributed by atoms with Crippen molar-refractivity contribution in [3.63, 3.8) is 0 Å². The van der Waals surface area contributed by atoms with Crippen molar-refractivity contribution in [2.24, 2.45) is 10.8 Å². The van der Waals surface area contributed by atoms with Crippen molar-refractivity contribution in [3.8, 4) is 0 Å². The number of nitrogens with two attached hydrogens (primary N) is 1. The van der Waals surface area contributed by atoms with Gasteiger partial charge in [0.2, 0.25) is 0 Å². The van der Waals surface area contributed by atoms with E-state index in [1.807, 2.05) is 0 Å². The number of rotatable bonds is 4.